The average Bonchev–Trinajstić information content (AvgIpc) is 3.20. The minimum Gasteiger partial charge on any atom is -0.485 e. The lowest BCUT2D eigenvalue weighted by Crippen LogP contribution is -2.46. The first-order chi connectivity index (χ1) is 14.7. The lowest BCUT2D eigenvalue weighted by Gasteiger charge is -2.29. The lowest BCUT2D eigenvalue weighted by atomic mass is 10.2. The maximum atomic E-state index is 13.5. The standard InChI is InChI=1S/C23H19N3O3S/c1-15-9-10-17-21(12-15)30-23(25-17)26(13-16-6-4-5-11-24-16)22(27)20-14-28-18-7-2-3-8-19(18)29-20/h2-12,20H,13-14H2,1H3. The Bertz CT molecular complexity index is 1210. The van der Waals surface area contributed by atoms with Gasteiger partial charge in [-0.05, 0) is 48.9 Å². The van der Waals surface area contributed by atoms with Crippen molar-refractivity contribution in [2.24, 2.45) is 0 Å². The van der Waals surface area contributed by atoms with Crippen LogP contribution in [-0.2, 0) is 11.3 Å². The molecular formula is C23H19N3O3S. The van der Waals surface area contributed by atoms with E-state index in [1.54, 1.807) is 17.2 Å². The van der Waals surface area contributed by atoms with Crippen LogP contribution in [0.1, 0.15) is 11.3 Å². The third-order valence-corrected chi connectivity index (χ3v) is 5.90. The fourth-order valence-electron chi connectivity index (χ4n) is 3.34. The second-order valence-electron chi connectivity index (χ2n) is 7.08. The molecule has 1 aliphatic rings. The number of benzene rings is 2. The van der Waals surface area contributed by atoms with E-state index in [1.807, 2.05) is 55.5 Å². The Morgan fingerprint density at radius 2 is 1.97 bits per heavy atom. The Hall–Kier alpha value is -3.45. The van der Waals surface area contributed by atoms with Gasteiger partial charge in [-0.1, -0.05) is 35.6 Å². The number of thiazole rings is 1. The second kappa shape index (κ2) is 7.76. The van der Waals surface area contributed by atoms with Crippen LogP contribution in [0.4, 0.5) is 5.13 Å². The van der Waals surface area contributed by atoms with Gasteiger partial charge in [-0.3, -0.25) is 14.7 Å². The average molecular weight is 417 g/mol. The molecule has 1 unspecified atom stereocenters. The van der Waals surface area contributed by atoms with E-state index >= 15 is 0 Å². The van der Waals surface area contributed by atoms with E-state index in [-0.39, 0.29) is 12.5 Å². The summed E-state index contributed by atoms with van der Waals surface area (Å²) in [6.07, 6.45) is 0.966. The van der Waals surface area contributed by atoms with Gasteiger partial charge in [-0.2, -0.15) is 0 Å². The van der Waals surface area contributed by atoms with Crippen LogP contribution in [0.2, 0.25) is 0 Å². The Morgan fingerprint density at radius 3 is 2.80 bits per heavy atom. The number of hydrogen-bond donors (Lipinski definition) is 0. The molecule has 0 bridgehead atoms. The van der Waals surface area contributed by atoms with Gasteiger partial charge in [0.15, 0.2) is 16.6 Å². The van der Waals surface area contributed by atoms with Crippen molar-refractivity contribution in [3.8, 4) is 11.5 Å². The second-order valence-corrected chi connectivity index (χ2v) is 8.09. The fraction of sp³-hybridized carbons (Fsp3) is 0.174. The summed E-state index contributed by atoms with van der Waals surface area (Å²) in [5.74, 6) is 1.01. The summed E-state index contributed by atoms with van der Waals surface area (Å²) < 4.78 is 12.8. The summed E-state index contributed by atoms with van der Waals surface area (Å²) in [4.78, 5) is 24.3. The molecule has 1 atom stereocenters. The Labute approximate surface area is 177 Å². The van der Waals surface area contributed by atoms with Gasteiger partial charge in [-0.15, -0.1) is 0 Å². The number of carbonyl (C=O) groups is 1. The third-order valence-electron chi connectivity index (χ3n) is 4.86. The number of nitrogens with zero attached hydrogens (tertiary/aromatic N) is 3. The molecule has 4 aromatic rings. The number of rotatable bonds is 4. The van der Waals surface area contributed by atoms with Crippen molar-refractivity contribution < 1.29 is 14.3 Å². The third kappa shape index (κ3) is 3.59. The van der Waals surface area contributed by atoms with Crippen LogP contribution >= 0.6 is 11.3 Å². The summed E-state index contributed by atoms with van der Waals surface area (Å²) >= 11 is 1.49. The highest BCUT2D eigenvalue weighted by Gasteiger charge is 2.33. The van der Waals surface area contributed by atoms with Crippen LogP contribution < -0.4 is 14.4 Å². The van der Waals surface area contributed by atoms with Crippen molar-refractivity contribution in [2.45, 2.75) is 19.6 Å². The Balaban J connectivity index is 1.49. The molecule has 7 heteroatoms. The molecule has 1 amide bonds. The molecule has 1 aliphatic heterocycles. The number of para-hydroxylation sites is 2. The largest absolute Gasteiger partial charge is 0.485 e. The molecule has 2 aromatic heterocycles. The first kappa shape index (κ1) is 18.6. The molecule has 0 saturated heterocycles. The first-order valence-corrected chi connectivity index (χ1v) is 10.5. The zero-order valence-electron chi connectivity index (χ0n) is 16.3. The number of ether oxygens (including phenoxy) is 2. The first-order valence-electron chi connectivity index (χ1n) is 9.64. The van der Waals surface area contributed by atoms with E-state index < -0.39 is 6.10 Å². The lowest BCUT2D eigenvalue weighted by molar-refractivity contribution is -0.127. The fourth-order valence-corrected chi connectivity index (χ4v) is 4.41. The molecular weight excluding hydrogens is 398 g/mol. The zero-order chi connectivity index (χ0) is 20.5. The zero-order valence-corrected chi connectivity index (χ0v) is 17.1. The van der Waals surface area contributed by atoms with E-state index in [2.05, 4.69) is 11.1 Å². The predicted octanol–water partition coefficient (Wildman–Crippen LogP) is 4.37. The molecule has 0 fully saturated rings. The quantitative estimate of drug-likeness (QED) is 0.493. The molecule has 0 spiro atoms. The summed E-state index contributed by atoms with van der Waals surface area (Å²) in [7, 11) is 0. The van der Waals surface area contributed by atoms with Crippen LogP contribution in [-0.4, -0.2) is 28.6 Å². The van der Waals surface area contributed by atoms with E-state index in [1.165, 1.54) is 11.3 Å². The van der Waals surface area contributed by atoms with Crippen molar-refractivity contribution in [2.75, 3.05) is 11.5 Å². The van der Waals surface area contributed by atoms with Crippen LogP contribution in [0.25, 0.3) is 10.2 Å². The number of fused-ring (bicyclic) bond motifs is 2. The van der Waals surface area contributed by atoms with Crippen molar-refractivity contribution in [3.63, 3.8) is 0 Å². The molecule has 6 nitrogen and oxygen atoms in total. The minimum atomic E-state index is -0.752. The monoisotopic (exact) mass is 417 g/mol. The van der Waals surface area contributed by atoms with E-state index in [4.69, 9.17) is 14.5 Å². The van der Waals surface area contributed by atoms with Crippen molar-refractivity contribution in [1.82, 2.24) is 9.97 Å². The molecule has 0 radical (unpaired) electrons. The minimum absolute atomic E-state index is 0.151. The van der Waals surface area contributed by atoms with Gasteiger partial charge in [0.2, 0.25) is 6.10 Å². The van der Waals surface area contributed by atoms with Gasteiger partial charge in [-0.25, -0.2) is 4.98 Å². The van der Waals surface area contributed by atoms with Crippen molar-refractivity contribution >= 4 is 32.6 Å². The van der Waals surface area contributed by atoms with Gasteiger partial charge >= 0.3 is 0 Å². The highest BCUT2D eigenvalue weighted by Crippen LogP contribution is 2.34. The maximum absolute atomic E-state index is 13.5. The van der Waals surface area contributed by atoms with Gasteiger partial charge in [0.25, 0.3) is 5.91 Å². The Morgan fingerprint density at radius 1 is 1.13 bits per heavy atom. The molecule has 150 valence electrons. The molecule has 0 saturated carbocycles. The summed E-state index contributed by atoms with van der Waals surface area (Å²) in [6, 6.07) is 19.1. The highest BCUT2D eigenvalue weighted by molar-refractivity contribution is 7.22. The molecule has 3 heterocycles. The summed E-state index contributed by atoms with van der Waals surface area (Å²) in [6.45, 7) is 2.50. The summed E-state index contributed by atoms with van der Waals surface area (Å²) in [5, 5.41) is 0.619. The van der Waals surface area contributed by atoms with E-state index in [9.17, 15) is 4.79 Å². The number of aromatic nitrogens is 2. The van der Waals surface area contributed by atoms with E-state index in [0.29, 0.717) is 23.2 Å². The summed E-state index contributed by atoms with van der Waals surface area (Å²) in [5.41, 5.74) is 2.80. The van der Waals surface area contributed by atoms with Crippen molar-refractivity contribution in [3.05, 3.63) is 78.1 Å². The smallest absolute Gasteiger partial charge is 0.273 e. The number of pyridine rings is 1. The molecule has 0 aliphatic carbocycles. The number of anilines is 1. The van der Waals surface area contributed by atoms with Crippen molar-refractivity contribution in [1.29, 1.82) is 0 Å². The van der Waals surface area contributed by atoms with Crippen LogP contribution in [0, 0.1) is 6.92 Å². The number of hydrogen-bond acceptors (Lipinski definition) is 6. The number of aryl methyl sites for hydroxylation is 1. The molecule has 2 aromatic carbocycles. The van der Waals surface area contributed by atoms with Crippen LogP contribution in [0.5, 0.6) is 11.5 Å². The molecule has 0 N–H and O–H groups in total. The predicted molar refractivity (Wildman–Crippen MR) is 116 cm³/mol. The van der Waals surface area contributed by atoms with Crippen LogP contribution in [0.3, 0.4) is 0 Å². The highest BCUT2D eigenvalue weighted by atomic mass is 32.1. The maximum Gasteiger partial charge on any atom is 0.273 e. The SMILES string of the molecule is Cc1ccc2nc(N(Cc3ccccn3)C(=O)C3COc4ccccc4O3)sc2c1. The van der Waals surface area contributed by atoms with Crippen LogP contribution in [0.15, 0.2) is 66.9 Å². The Kier molecular flexibility index (Phi) is 4.80. The van der Waals surface area contributed by atoms with E-state index in [0.717, 1.165) is 21.5 Å². The van der Waals surface area contributed by atoms with Gasteiger partial charge < -0.3 is 9.47 Å². The van der Waals surface area contributed by atoms with Gasteiger partial charge in [0.05, 0.1) is 22.5 Å². The van der Waals surface area contributed by atoms with Gasteiger partial charge in [0.1, 0.15) is 6.61 Å². The topological polar surface area (TPSA) is 64.6 Å². The number of carbonyl (C=O) groups excluding carboxylic acids is 1. The normalized spacial score (nSPS) is 15.2. The number of amides is 1. The molecule has 30 heavy (non-hydrogen) atoms. The molecule has 5 rings (SSSR count). The van der Waals surface area contributed by atoms with Gasteiger partial charge in [0, 0.05) is 6.20 Å².